The maximum atomic E-state index is 12.1. The van der Waals surface area contributed by atoms with E-state index in [0.717, 1.165) is 11.1 Å². The molecule has 0 bridgehead atoms. The molecule has 0 unspecified atom stereocenters. The number of rotatable bonds is 2. The summed E-state index contributed by atoms with van der Waals surface area (Å²) < 4.78 is 0. The van der Waals surface area contributed by atoms with Gasteiger partial charge in [-0.2, -0.15) is 0 Å². The molecule has 0 spiro atoms. The van der Waals surface area contributed by atoms with Crippen LogP contribution in [-0.2, 0) is 0 Å². The highest BCUT2D eigenvalue weighted by Crippen LogP contribution is 2.14. The van der Waals surface area contributed by atoms with Gasteiger partial charge in [-0.15, -0.1) is 0 Å². The molecule has 1 aromatic heterocycles. The first kappa shape index (κ1) is 12.5. The van der Waals surface area contributed by atoms with Crippen molar-refractivity contribution in [3.05, 3.63) is 52.4 Å². The molecule has 92 valence electrons. The second-order valence-corrected chi connectivity index (χ2v) is 4.25. The van der Waals surface area contributed by atoms with Gasteiger partial charge < -0.3 is 5.32 Å². The highest BCUT2D eigenvalue weighted by atomic mass is 35.5. The Hall–Kier alpha value is -1.94. The number of hydrogen-bond donors (Lipinski definition) is 1. The number of aromatic nitrogens is 2. The van der Waals surface area contributed by atoms with E-state index < -0.39 is 0 Å². The topological polar surface area (TPSA) is 54.9 Å². The van der Waals surface area contributed by atoms with E-state index in [0.29, 0.717) is 11.4 Å². The minimum Gasteiger partial charge on any atom is -0.306 e. The van der Waals surface area contributed by atoms with Crippen LogP contribution in [0.25, 0.3) is 0 Å². The molecule has 0 radical (unpaired) electrons. The van der Waals surface area contributed by atoms with Crippen LogP contribution in [0.15, 0.2) is 30.5 Å². The summed E-state index contributed by atoms with van der Waals surface area (Å²) in [5, 5.41) is 2.80. The van der Waals surface area contributed by atoms with Crippen molar-refractivity contribution >= 4 is 23.3 Å². The smallest absolute Gasteiger partial charge is 0.257 e. The second-order valence-electron chi connectivity index (χ2n) is 3.91. The molecule has 0 saturated heterocycles. The van der Waals surface area contributed by atoms with Gasteiger partial charge in [-0.1, -0.05) is 12.1 Å². The predicted octanol–water partition coefficient (Wildman–Crippen LogP) is 3.00. The average Bonchev–Trinajstić information content (AvgIpc) is 2.32. The van der Waals surface area contributed by atoms with E-state index in [-0.39, 0.29) is 11.2 Å². The van der Waals surface area contributed by atoms with Crippen molar-refractivity contribution in [2.45, 2.75) is 13.8 Å². The van der Waals surface area contributed by atoms with Gasteiger partial charge in [0.2, 0.25) is 5.28 Å². The molecular weight excluding hydrogens is 250 g/mol. The zero-order chi connectivity index (χ0) is 13.1. The minimum atomic E-state index is -0.203. The third-order valence-electron chi connectivity index (χ3n) is 2.72. The standard InChI is InChI=1S/C13H12ClN3O/c1-8-4-3-5-10(9(8)2)12(18)16-11-6-7-15-13(14)17-11/h3-7H,1-2H3,(H,15,16,17,18). The third-order valence-corrected chi connectivity index (χ3v) is 2.90. The minimum absolute atomic E-state index is 0.105. The highest BCUT2D eigenvalue weighted by Gasteiger charge is 2.11. The predicted molar refractivity (Wildman–Crippen MR) is 70.9 cm³/mol. The fraction of sp³-hybridized carbons (Fsp3) is 0.154. The number of amides is 1. The van der Waals surface area contributed by atoms with Crippen LogP contribution in [0, 0.1) is 13.8 Å². The number of halogens is 1. The first-order valence-electron chi connectivity index (χ1n) is 5.44. The van der Waals surface area contributed by atoms with E-state index in [1.54, 1.807) is 12.1 Å². The van der Waals surface area contributed by atoms with Gasteiger partial charge in [0, 0.05) is 11.8 Å². The van der Waals surface area contributed by atoms with Gasteiger partial charge in [0.05, 0.1) is 0 Å². The lowest BCUT2D eigenvalue weighted by atomic mass is 10.0. The van der Waals surface area contributed by atoms with Gasteiger partial charge in [-0.3, -0.25) is 4.79 Å². The Morgan fingerprint density at radius 3 is 2.78 bits per heavy atom. The summed E-state index contributed by atoms with van der Waals surface area (Å²) in [6.45, 7) is 3.88. The SMILES string of the molecule is Cc1cccc(C(=O)Nc2ccnc(Cl)n2)c1C. The number of hydrogen-bond acceptors (Lipinski definition) is 3. The number of carbonyl (C=O) groups excluding carboxylic acids is 1. The van der Waals surface area contributed by atoms with Gasteiger partial charge in [0.1, 0.15) is 5.82 Å². The Morgan fingerprint density at radius 1 is 1.28 bits per heavy atom. The lowest BCUT2D eigenvalue weighted by Crippen LogP contribution is -2.14. The first-order valence-corrected chi connectivity index (χ1v) is 5.82. The quantitative estimate of drug-likeness (QED) is 0.846. The van der Waals surface area contributed by atoms with Crippen LogP contribution >= 0.6 is 11.6 Å². The fourth-order valence-corrected chi connectivity index (χ4v) is 1.73. The Balaban J connectivity index is 2.25. The van der Waals surface area contributed by atoms with Gasteiger partial charge in [0.15, 0.2) is 0 Å². The molecule has 0 aliphatic rings. The molecule has 0 aliphatic heterocycles. The number of carbonyl (C=O) groups is 1. The molecule has 0 fully saturated rings. The molecule has 18 heavy (non-hydrogen) atoms. The maximum Gasteiger partial charge on any atom is 0.257 e. The lowest BCUT2D eigenvalue weighted by molar-refractivity contribution is 0.102. The first-order chi connectivity index (χ1) is 8.58. The van der Waals surface area contributed by atoms with Crippen molar-refractivity contribution in [1.82, 2.24) is 9.97 Å². The summed E-state index contributed by atoms with van der Waals surface area (Å²) in [6.07, 6.45) is 1.49. The van der Waals surface area contributed by atoms with Crippen molar-refractivity contribution in [3.8, 4) is 0 Å². The monoisotopic (exact) mass is 261 g/mol. The molecule has 0 saturated carbocycles. The lowest BCUT2D eigenvalue weighted by Gasteiger charge is -2.08. The molecule has 1 amide bonds. The molecule has 2 rings (SSSR count). The van der Waals surface area contributed by atoms with Crippen LogP contribution in [0.3, 0.4) is 0 Å². The van der Waals surface area contributed by atoms with E-state index >= 15 is 0 Å². The van der Waals surface area contributed by atoms with Crippen LogP contribution < -0.4 is 5.32 Å². The van der Waals surface area contributed by atoms with Gasteiger partial charge >= 0.3 is 0 Å². The number of nitrogens with one attached hydrogen (secondary N) is 1. The molecule has 0 aliphatic carbocycles. The molecular formula is C13H12ClN3O. The summed E-state index contributed by atoms with van der Waals surface area (Å²) in [5.41, 5.74) is 2.66. The van der Waals surface area contributed by atoms with E-state index in [1.807, 2.05) is 26.0 Å². The fourth-order valence-electron chi connectivity index (χ4n) is 1.59. The summed E-state index contributed by atoms with van der Waals surface area (Å²) >= 11 is 5.66. The van der Waals surface area contributed by atoms with Crippen LogP contribution in [-0.4, -0.2) is 15.9 Å². The van der Waals surface area contributed by atoms with E-state index in [1.165, 1.54) is 6.20 Å². The number of benzene rings is 1. The molecule has 1 heterocycles. The van der Waals surface area contributed by atoms with Crippen LogP contribution in [0.2, 0.25) is 5.28 Å². The van der Waals surface area contributed by atoms with Crippen molar-refractivity contribution in [1.29, 1.82) is 0 Å². The normalized spacial score (nSPS) is 10.2. The molecule has 2 aromatic rings. The van der Waals surface area contributed by atoms with E-state index in [2.05, 4.69) is 15.3 Å². The summed E-state index contributed by atoms with van der Waals surface area (Å²) in [5.74, 6) is 0.187. The second kappa shape index (κ2) is 5.14. The number of aryl methyl sites for hydroxylation is 1. The van der Waals surface area contributed by atoms with Crippen molar-refractivity contribution in [2.75, 3.05) is 5.32 Å². The number of nitrogens with zero attached hydrogens (tertiary/aromatic N) is 2. The van der Waals surface area contributed by atoms with Crippen molar-refractivity contribution in [3.63, 3.8) is 0 Å². The zero-order valence-electron chi connectivity index (χ0n) is 10.1. The average molecular weight is 262 g/mol. The van der Waals surface area contributed by atoms with Gasteiger partial charge in [0.25, 0.3) is 5.91 Å². The molecule has 1 aromatic carbocycles. The third kappa shape index (κ3) is 2.65. The van der Waals surface area contributed by atoms with E-state index in [9.17, 15) is 4.79 Å². The molecule has 1 N–H and O–H groups in total. The Labute approximate surface area is 110 Å². The van der Waals surface area contributed by atoms with Crippen molar-refractivity contribution < 1.29 is 4.79 Å². The van der Waals surface area contributed by atoms with Crippen LogP contribution in [0.4, 0.5) is 5.82 Å². The van der Waals surface area contributed by atoms with Crippen LogP contribution in [0.1, 0.15) is 21.5 Å². The largest absolute Gasteiger partial charge is 0.306 e. The van der Waals surface area contributed by atoms with E-state index in [4.69, 9.17) is 11.6 Å². The summed E-state index contributed by atoms with van der Waals surface area (Å²) in [6, 6.07) is 7.19. The summed E-state index contributed by atoms with van der Waals surface area (Å²) in [4.78, 5) is 19.8. The Kier molecular flexibility index (Phi) is 3.58. The van der Waals surface area contributed by atoms with Crippen molar-refractivity contribution in [2.24, 2.45) is 0 Å². The Morgan fingerprint density at radius 2 is 2.06 bits per heavy atom. The van der Waals surface area contributed by atoms with Gasteiger partial charge in [-0.05, 0) is 48.7 Å². The molecule has 4 nitrogen and oxygen atoms in total. The van der Waals surface area contributed by atoms with Gasteiger partial charge in [-0.25, -0.2) is 9.97 Å². The van der Waals surface area contributed by atoms with Crippen LogP contribution in [0.5, 0.6) is 0 Å². The molecule has 0 atom stereocenters. The molecule has 5 heteroatoms. The Bertz CT molecular complexity index is 599. The zero-order valence-corrected chi connectivity index (χ0v) is 10.8. The highest BCUT2D eigenvalue weighted by molar-refractivity contribution is 6.28. The maximum absolute atomic E-state index is 12.1. The summed E-state index contributed by atoms with van der Waals surface area (Å²) in [7, 11) is 0. The number of anilines is 1.